The zero-order chi connectivity index (χ0) is 77.4. The van der Waals surface area contributed by atoms with Crippen molar-refractivity contribution < 1.29 is 72.3 Å². The first-order valence-corrected chi connectivity index (χ1v) is 38.7. The van der Waals surface area contributed by atoms with Crippen LogP contribution in [0, 0.1) is 28.6 Å². The molecule has 9 N–H and O–H groups in total. The van der Waals surface area contributed by atoms with Crippen molar-refractivity contribution in [1.82, 2.24) is 41.3 Å². The van der Waals surface area contributed by atoms with Crippen LogP contribution in [0.3, 0.4) is 0 Å². The summed E-state index contributed by atoms with van der Waals surface area (Å²) in [5.74, 6) is 3.54. The Hall–Kier alpha value is -10.2. The molecule has 26 heteroatoms. The number of likely N-dealkylation sites (tertiary alicyclic amines) is 1. The van der Waals surface area contributed by atoms with Crippen molar-refractivity contribution in [2.24, 2.45) is 16.7 Å². The summed E-state index contributed by atoms with van der Waals surface area (Å²) < 4.78 is 25.0. The third-order valence-electron chi connectivity index (χ3n) is 23.3. The molecular formula is C84H101N11O15. The van der Waals surface area contributed by atoms with E-state index in [1.165, 1.54) is 12.5 Å². The van der Waals surface area contributed by atoms with Crippen LogP contribution < -0.4 is 51.6 Å². The van der Waals surface area contributed by atoms with Crippen molar-refractivity contribution in [3.05, 3.63) is 154 Å². The molecule has 6 heterocycles. The largest absolute Gasteiger partial charge is 0.493 e. The van der Waals surface area contributed by atoms with E-state index in [0.717, 1.165) is 72.8 Å². The first-order chi connectivity index (χ1) is 53.1. The lowest BCUT2D eigenvalue weighted by Gasteiger charge is -2.48. The molecule has 2 saturated carbocycles. The Bertz CT molecular complexity index is 4370. The summed E-state index contributed by atoms with van der Waals surface area (Å²) in [5, 5.41) is 41.4. The summed E-state index contributed by atoms with van der Waals surface area (Å²) in [6.07, 6.45) is 8.26. The van der Waals surface area contributed by atoms with E-state index in [0.29, 0.717) is 117 Å². The van der Waals surface area contributed by atoms with Crippen LogP contribution >= 0.6 is 0 Å². The van der Waals surface area contributed by atoms with E-state index in [9.17, 15) is 48.6 Å². The van der Waals surface area contributed by atoms with Crippen LogP contribution in [0.5, 0.6) is 11.5 Å². The summed E-state index contributed by atoms with van der Waals surface area (Å²) >= 11 is 0. The number of methoxy groups -OCH3 is 2. The summed E-state index contributed by atoms with van der Waals surface area (Å²) in [6.45, 7) is 7.03. The lowest BCUT2D eigenvalue weighted by molar-refractivity contribution is -0.158. The fourth-order valence-corrected chi connectivity index (χ4v) is 16.8. The third-order valence-corrected chi connectivity index (χ3v) is 23.3. The van der Waals surface area contributed by atoms with Gasteiger partial charge in [0.25, 0.3) is 5.91 Å². The Morgan fingerprint density at radius 3 is 2.20 bits per heavy atom. The molecule has 5 aromatic rings. The Morgan fingerprint density at radius 1 is 0.745 bits per heavy atom. The number of piperidine rings is 1. The van der Waals surface area contributed by atoms with Gasteiger partial charge in [-0.3, -0.25) is 48.5 Å². The van der Waals surface area contributed by atoms with Gasteiger partial charge in [-0.05, 0) is 165 Å². The summed E-state index contributed by atoms with van der Waals surface area (Å²) in [5.41, 5.74) is 7.81. The van der Waals surface area contributed by atoms with Gasteiger partial charge in [0.05, 0.1) is 80.0 Å². The van der Waals surface area contributed by atoms with Gasteiger partial charge in [-0.25, -0.2) is 0 Å². The number of nitrogens with one attached hydrogen (secondary N) is 7. The highest BCUT2D eigenvalue weighted by atomic mass is 16.5. The van der Waals surface area contributed by atoms with E-state index in [-0.39, 0.29) is 66.6 Å². The number of ether oxygens (including phenoxy) is 4. The standard InChI is InChI=1S/C84H101N11O15/c1-51(2)77(91-74(99)46-87-73(98)45-86-72(97)27-28-75(100)94-47-59-15-8-7-13-54(59)23-24-58-14-9-10-16-65(58)94)80(104)88-52(3)78(102)89-61-25-17-53(18-26-61)41-84-43-70(108-5)69(40-71(84)90-79(103)66-42-83(31-32-83)50-95(66)82(84)106)110-36-12-6-11-35-109-68-39-64-63(38-67(68)107-4)81(105)93-48-60(37-62(93)44-85-64)56-21-19-55(20-22-56)57-29-33-92(34-30-57)76(101)49-96/h7-10,13-22,25-26,38-39,48,51-52,57,62,66,69-71,77,79,85,90,96,103H,6,11-12,27-37,40-47,49-50H2,1-5H3,(H,86,97)(H,87,98)(H,88,104)(H,89,102)(H,91,99)/t52-,62-,66-,69?,70?,71?,77-,79?,84?/m0/s1. The zero-order valence-corrected chi connectivity index (χ0v) is 63.2. The van der Waals surface area contributed by atoms with E-state index in [4.69, 9.17) is 18.9 Å². The first kappa shape index (κ1) is 78.0. The number of nitrogens with zero attached hydrogens (tertiary/aromatic N) is 4. The molecular weight excluding hydrogens is 1400 g/mol. The maximum absolute atomic E-state index is 15.4. The number of rotatable bonds is 28. The molecule has 9 amide bonds. The molecule has 110 heavy (non-hydrogen) atoms. The predicted molar refractivity (Wildman–Crippen MR) is 411 cm³/mol. The topological polar surface area (TPSA) is 328 Å². The second kappa shape index (κ2) is 34.4. The van der Waals surface area contributed by atoms with Crippen LogP contribution in [0.25, 0.3) is 5.57 Å². The van der Waals surface area contributed by atoms with Crippen LogP contribution in [0.2, 0.25) is 0 Å². The highest BCUT2D eigenvalue weighted by Crippen LogP contribution is 2.58. The Labute approximate surface area is 641 Å². The number of anilines is 3. The summed E-state index contributed by atoms with van der Waals surface area (Å²) in [7, 11) is 3.21. The molecule has 3 saturated heterocycles. The lowest BCUT2D eigenvalue weighted by Crippen LogP contribution is -2.61. The second-order valence-corrected chi connectivity index (χ2v) is 31.0. The average molecular weight is 1500 g/mol. The lowest BCUT2D eigenvalue weighted by atomic mass is 9.64. The quantitative estimate of drug-likeness (QED) is 0.0197. The Morgan fingerprint density at radius 2 is 1.46 bits per heavy atom. The van der Waals surface area contributed by atoms with Crippen LogP contribution in [0.15, 0.2) is 115 Å². The molecule has 8 aliphatic rings. The Balaban J connectivity index is 0.554. The molecule has 0 radical (unpaired) electrons. The normalized spacial score (nSPS) is 22.7. The van der Waals surface area contributed by atoms with Crippen molar-refractivity contribution in [1.29, 1.82) is 0 Å². The number of unbranched alkanes of at least 4 members (excludes halogenated alkanes) is 2. The van der Waals surface area contributed by atoms with Gasteiger partial charge in [0.2, 0.25) is 47.3 Å². The number of hydrogen-bond donors (Lipinski definition) is 9. The highest BCUT2D eigenvalue weighted by Gasteiger charge is 2.63. The molecule has 0 bridgehead atoms. The number of para-hydroxylation sites is 1. The fourth-order valence-electron chi connectivity index (χ4n) is 16.8. The van der Waals surface area contributed by atoms with Gasteiger partial charge in [-0.2, -0.15) is 0 Å². The van der Waals surface area contributed by atoms with Crippen LogP contribution in [0.4, 0.5) is 17.1 Å². The van der Waals surface area contributed by atoms with E-state index in [1.807, 2.05) is 82.7 Å². The molecule has 26 nitrogen and oxygen atoms in total. The molecule has 1 spiro atoms. The van der Waals surface area contributed by atoms with Gasteiger partial charge >= 0.3 is 0 Å². The molecule has 0 aromatic heterocycles. The van der Waals surface area contributed by atoms with Crippen molar-refractivity contribution in [3.63, 3.8) is 0 Å². The van der Waals surface area contributed by atoms with E-state index in [1.54, 1.807) is 56.1 Å². The second-order valence-electron chi connectivity index (χ2n) is 31.0. The van der Waals surface area contributed by atoms with Crippen molar-refractivity contribution in [3.8, 4) is 23.3 Å². The SMILES string of the molecule is COc1cc2c(cc1OCCCCCOC1CC3NC(O)[C@@H]4CC5(CC5)CN4C(=O)C3(Cc3ccc(NC(=O)[C@H](C)NC(=O)[C@@H](NC(=O)CNC(=O)CNC(=O)CCC(=O)N4Cc5ccccc5C#Cc5ccccc54)C(C)C)cc3)CC1OC)NC[C@@H]1CC(c3ccc(C4CCN(C(=O)CO)CC4)cc3)=CN1C2=O. The maximum Gasteiger partial charge on any atom is 0.260 e. The van der Waals surface area contributed by atoms with Crippen LogP contribution in [-0.4, -0.2) is 200 Å². The van der Waals surface area contributed by atoms with Gasteiger partial charge in [-0.1, -0.05) is 92.4 Å². The monoisotopic (exact) mass is 1500 g/mol. The van der Waals surface area contributed by atoms with Gasteiger partial charge in [-0.15, -0.1) is 0 Å². The molecule has 6 aliphatic heterocycles. The van der Waals surface area contributed by atoms with Crippen molar-refractivity contribution in [2.75, 3.05) is 88.8 Å². The van der Waals surface area contributed by atoms with E-state index < -0.39 is 91.0 Å². The molecule has 2 aliphatic carbocycles. The minimum absolute atomic E-state index is 0.0168. The number of benzene rings is 5. The number of carbonyl (C=O) groups excluding carboxylic acids is 9. The van der Waals surface area contributed by atoms with Gasteiger partial charge < -0.3 is 80.7 Å². The van der Waals surface area contributed by atoms with Crippen LogP contribution in [0.1, 0.15) is 154 Å². The molecule has 13 rings (SSSR count). The number of amides is 9. The number of fused-ring (bicyclic) bond motifs is 6. The molecule has 5 unspecified atom stereocenters. The number of hydrogen-bond acceptors (Lipinski definition) is 17. The Kier molecular flexibility index (Phi) is 24.4. The minimum Gasteiger partial charge on any atom is -0.493 e. The van der Waals surface area contributed by atoms with E-state index >= 15 is 4.79 Å². The van der Waals surface area contributed by atoms with Crippen LogP contribution in [-0.2, 0) is 60.8 Å². The maximum atomic E-state index is 15.4. The van der Waals surface area contributed by atoms with Gasteiger partial charge in [0, 0.05) is 87.9 Å². The number of carbonyl (C=O) groups is 9. The molecule has 9 atom stereocenters. The average Bonchev–Trinajstić information content (AvgIpc) is 1.67. The fraction of sp³-hybridized carbons (Fsp3) is 0.488. The predicted octanol–water partition coefficient (Wildman–Crippen LogP) is 6.26. The molecule has 5 fully saturated rings. The zero-order valence-electron chi connectivity index (χ0n) is 63.2. The smallest absolute Gasteiger partial charge is 0.260 e. The summed E-state index contributed by atoms with van der Waals surface area (Å²) in [6, 6.07) is 31.2. The number of aliphatic hydroxyl groups excluding tert-OH is 2. The van der Waals surface area contributed by atoms with E-state index in [2.05, 4.69) is 73.3 Å². The molecule has 582 valence electrons. The first-order valence-electron chi connectivity index (χ1n) is 38.7. The third kappa shape index (κ3) is 17.7. The van der Waals surface area contributed by atoms with Gasteiger partial charge in [0.1, 0.15) is 24.9 Å². The van der Waals surface area contributed by atoms with Crippen molar-refractivity contribution >= 4 is 75.8 Å². The highest BCUT2D eigenvalue weighted by molar-refractivity contribution is 6.04. The summed E-state index contributed by atoms with van der Waals surface area (Å²) in [4.78, 5) is 129. The number of aliphatic hydroxyl groups is 2. The van der Waals surface area contributed by atoms with Crippen molar-refractivity contribution in [2.45, 2.75) is 172 Å². The molecule has 5 aromatic carbocycles. The van der Waals surface area contributed by atoms with Gasteiger partial charge in [0.15, 0.2) is 11.5 Å². The minimum atomic E-state index is -1.08.